The minimum absolute atomic E-state index is 0.175. The van der Waals surface area contributed by atoms with Crippen LogP contribution in [0, 0.1) is 6.92 Å². The van der Waals surface area contributed by atoms with Crippen molar-refractivity contribution in [1.29, 1.82) is 0 Å². The Morgan fingerprint density at radius 2 is 1.60 bits per heavy atom. The highest BCUT2D eigenvalue weighted by molar-refractivity contribution is 7.98. The van der Waals surface area contributed by atoms with Crippen molar-refractivity contribution >= 4 is 46.8 Å². The highest BCUT2D eigenvalue weighted by Gasteiger charge is 2.43. The van der Waals surface area contributed by atoms with E-state index in [0.29, 0.717) is 40.9 Å². The molecule has 1 heterocycles. The Bertz CT molecular complexity index is 1840. The van der Waals surface area contributed by atoms with E-state index in [1.807, 2.05) is 86.0 Å². The number of rotatable bonds is 14. The zero-order valence-electron chi connectivity index (χ0n) is 29.1. The van der Waals surface area contributed by atoms with E-state index in [9.17, 15) is 14.7 Å². The summed E-state index contributed by atoms with van der Waals surface area (Å²) in [4.78, 5) is 27.9. The van der Waals surface area contributed by atoms with E-state index in [1.165, 1.54) is 0 Å². The number of halogens is 2. The second-order valence-electron chi connectivity index (χ2n) is 13.3. The second-order valence-corrected chi connectivity index (χ2v) is 15.1. The van der Waals surface area contributed by atoms with E-state index in [0.717, 1.165) is 39.1 Å². The summed E-state index contributed by atoms with van der Waals surface area (Å²) in [5.41, 5.74) is 5.87. The molecule has 0 aromatic heterocycles. The van der Waals surface area contributed by atoms with Crippen molar-refractivity contribution in [1.82, 2.24) is 10.2 Å². The number of amides is 1. The third kappa shape index (κ3) is 8.75. The maximum absolute atomic E-state index is 13.6. The lowest BCUT2D eigenvalue weighted by Crippen LogP contribution is -2.41. The number of aliphatic carboxylic acids is 1. The highest BCUT2D eigenvalue weighted by Crippen LogP contribution is 2.48. The molecule has 1 aliphatic heterocycles. The minimum Gasteiger partial charge on any atom is -0.488 e. The van der Waals surface area contributed by atoms with Gasteiger partial charge in [-0.2, -0.15) is 11.8 Å². The van der Waals surface area contributed by atoms with Gasteiger partial charge in [-0.15, -0.1) is 0 Å². The number of benzene rings is 4. The summed E-state index contributed by atoms with van der Waals surface area (Å²) < 4.78 is 6.79. The molecule has 262 valence electrons. The van der Waals surface area contributed by atoms with Crippen LogP contribution in [0.3, 0.4) is 0 Å². The van der Waals surface area contributed by atoms with Crippen molar-refractivity contribution in [3.05, 3.63) is 141 Å². The lowest BCUT2D eigenvalue weighted by Gasteiger charge is -2.31. The molecule has 0 saturated carbocycles. The second kappa shape index (κ2) is 16.5. The predicted octanol–water partition coefficient (Wildman–Crippen LogP) is 9.73. The molecular formula is C41H44Cl2N2O4S. The maximum Gasteiger partial charge on any atom is 0.326 e. The standard InChI is InChI=1S/C41H44Cl2N2O4S/c1-26(2)45(25-33-23-41(4,30-13-17-32(43)18-14-30)38(49-33)29-11-15-31(42)16-12-29)24-28-10-19-35(36(22-28)34-9-7-6-8-27(34)3)39(46)44-37(40(47)48)20-21-50-5/h6-19,22-23,26,37-38H,20-21,24-25H2,1-5H3,(H,44,46)(H,47,48)/t37-,38?,41?/m0/s1. The number of carbonyl (C=O) groups excluding carboxylic acids is 1. The van der Waals surface area contributed by atoms with Gasteiger partial charge in [0.1, 0.15) is 17.9 Å². The molecule has 4 aromatic carbocycles. The number of hydrogen-bond donors (Lipinski definition) is 2. The van der Waals surface area contributed by atoms with E-state index < -0.39 is 23.3 Å². The van der Waals surface area contributed by atoms with Crippen LogP contribution < -0.4 is 5.32 Å². The average molecular weight is 732 g/mol. The van der Waals surface area contributed by atoms with Gasteiger partial charge in [0.15, 0.2) is 0 Å². The zero-order chi connectivity index (χ0) is 36.0. The molecule has 50 heavy (non-hydrogen) atoms. The summed E-state index contributed by atoms with van der Waals surface area (Å²) in [5.74, 6) is 0.0630. The van der Waals surface area contributed by atoms with Gasteiger partial charge in [0.2, 0.25) is 0 Å². The van der Waals surface area contributed by atoms with Crippen LogP contribution in [0.5, 0.6) is 0 Å². The number of carboxylic acids is 1. The fourth-order valence-corrected chi connectivity index (χ4v) is 7.19. The van der Waals surface area contributed by atoms with Gasteiger partial charge >= 0.3 is 5.97 Å². The Kier molecular flexibility index (Phi) is 12.4. The van der Waals surface area contributed by atoms with Crippen LogP contribution in [0.25, 0.3) is 11.1 Å². The van der Waals surface area contributed by atoms with Crippen LogP contribution in [-0.4, -0.2) is 52.5 Å². The van der Waals surface area contributed by atoms with Crippen LogP contribution in [-0.2, 0) is 21.5 Å². The first-order chi connectivity index (χ1) is 23.9. The number of carboxylic acid groups (broad SMARTS) is 1. The molecule has 1 amide bonds. The van der Waals surface area contributed by atoms with E-state index >= 15 is 0 Å². The van der Waals surface area contributed by atoms with Crippen LogP contribution in [0.2, 0.25) is 10.0 Å². The molecule has 0 spiro atoms. The topological polar surface area (TPSA) is 78.9 Å². The summed E-state index contributed by atoms with van der Waals surface area (Å²) in [6, 6.07) is 28.7. The number of carbonyl (C=O) groups is 2. The van der Waals surface area contributed by atoms with Gasteiger partial charge in [0.25, 0.3) is 5.91 Å². The van der Waals surface area contributed by atoms with E-state index in [-0.39, 0.29) is 12.1 Å². The quantitative estimate of drug-likeness (QED) is 0.135. The molecule has 1 aliphatic rings. The fraction of sp³-hybridized carbons (Fsp3) is 0.317. The van der Waals surface area contributed by atoms with Gasteiger partial charge < -0.3 is 15.2 Å². The van der Waals surface area contributed by atoms with Gasteiger partial charge in [-0.05, 0) is 122 Å². The van der Waals surface area contributed by atoms with Crippen molar-refractivity contribution < 1.29 is 19.4 Å². The Labute approximate surface area is 309 Å². The lowest BCUT2D eigenvalue weighted by atomic mass is 9.75. The van der Waals surface area contributed by atoms with Crippen molar-refractivity contribution in [2.24, 2.45) is 0 Å². The Morgan fingerprint density at radius 3 is 2.22 bits per heavy atom. The van der Waals surface area contributed by atoms with Crippen LogP contribution >= 0.6 is 35.0 Å². The monoisotopic (exact) mass is 730 g/mol. The van der Waals surface area contributed by atoms with E-state index in [4.69, 9.17) is 27.9 Å². The molecule has 6 nitrogen and oxygen atoms in total. The smallest absolute Gasteiger partial charge is 0.326 e. The first kappa shape index (κ1) is 37.5. The zero-order valence-corrected chi connectivity index (χ0v) is 31.4. The SMILES string of the molecule is CSCC[C@H](NC(=O)c1ccc(CN(CC2=CC(C)(c3ccc(Cl)cc3)C(c3ccc(Cl)cc3)O2)C(C)C)cc1-c1ccccc1C)C(=O)O. The fourth-order valence-electron chi connectivity index (χ4n) is 6.47. The van der Waals surface area contributed by atoms with Crippen LogP contribution in [0.4, 0.5) is 0 Å². The molecule has 3 atom stereocenters. The number of nitrogens with zero attached hydrogens (tertiary/aromatic N) is 1. The van der Waals surface area contributed by atoms with Gasteiger partial charge in [-0.25, -0.2) is 4.79 Å². The van der Waals surface area contributed by atoms with Crippen molar-refractivity contribution in [3.8, 4) is 11.1 Å². The molecule has 0 radical (unpaired) electrons. The number of nitrogens with one attached hydrogen (secondary N) is 1. The number of aryl methyl sites for hydroxylation is 1. The lowest BCUT2D eigenvalue weighted by molar-refractivity contribution is -0.139. The third-order valence-corrected chi connectivity index (χ3v) is 10.5. The number of ether oxygens (including phenoxy) is 1. The van der Waals surface area contributed by atoms with Gasteiger partial charge in [-0.3, -0.25) is 9.69 Å². The van der Waals surface area contributed by atoms with Crippen LogP contribution in [0.15, 0.2) is 103 Å². The molecule has 0 aliphatic carbocycles. The van der Waals surface area contributed by atoms with Gasteiger partial charge in [0, 0.05) is 28.2 Å². The van der Waals surface area contributed by atoms with E-state index in [1.54, 1.807) is 11.8 Å². The van der Waals surface area contributed by atoms with Crippen molar-refractivity contribution in [2.45, 2.75) is 64.3 Å². The van der Waals surface area contributed by atoms with E-state index in [2.05, 4.69) is 55.3 Å². The maximum atomic E-state index is 13.6. The molecule has 0 saturated heterocycles. The number of hydrogen-bond acceptors (Lipinski definition) is 5. The summed E-state index contributed by atoms with van der Waals surface area (Å²) in [7, 11) is 0. The molecule has 2 N–H and O–H groups in total. The van der Waals surface area contributed by atoms with Gasteiger partial charge in [-0.1, -0.05) is 77.8 Å². The number of thioether (sulfide) groups is 1. The Balaban J connectivity index is 1.46. The predicted molar refractivity (Wildman–Crippen MR) is 206 cm³/mol. The largest absolute Gasteiger partial charge is 0.488 e. The third-order valence-electron chi connectivity index (χ3n) is 9.37. The normalized spacial score (nSPS) is 17.8. The van der Waals surface area contributed by atoms with Crippen LogP contribution in [0.1, 0.15) is 65.9 Å². The molecular weight excluding hydrogens is 687 g/mol. The summed E-state index contributed by atoms with van der Waals surface area (Å²) in [6.07, 6.45) is 4.23. The first-order valence-corrected chi connectivity index (χ1v) is 18.9. The Hall–Kier alpha value is -3.75. The summed E-state index contributed by atoms with van der Waals surface area (Å²) in [6.45, 7) is 9.71. The van der Waals surface area contributed by atoms with Crippen molar-refractivity contribution in [2.75, 3.05) is 18.6 Å². The molecule has 0 fully saturated rings. The minimum atomic E-state index is -1.04. The molecule has 0 bridgehead atoms. The van der Waals surface area contributed by atoms with Gasteiger partial charge in [0.05, 0.1) is 12.0 Å². The van der Waals surface area contributed by atoms with Crippen molar-refractivity contribution in [3.63, 3.8) is 0 Å². The molecule has 2 unspecified atom stereocenters. The summed E-state index contributed by atoms with van der Waals surface area (Å²) >= 11 is 14.1. The average Bonchev–Trinajstić information content (AvgIpc) is 3.43. The first-order valence-electron chi connectivity index (χ1n) is 16.7. The molecule has 5 rings (SSSR count). The summed E-state index contributed by atoms with van der Waals surface area (Å²) in [5, 5.41) is 13.9. The Morgan fingerprint density at radius 1 is 0.940 bits per heavy atom. The molecule has 4 aromatic rings. The molecule has 9 heteroatoms. The highest BCUT2D eigenvalue weighted by atomic mass is 35.5.